The molecule has 0 saturated heterocycles. The highest BCUT2D eigenvalue weighted by Gasteiger charge is 2.12. The number of benzene rings is 2. The number of hydrogen-bond donors (Lipinski definition) is 2. The fourth-order valence-corrected chi connectivity index (χ4v) is 3.71. The lowest BCUT2D eigenvalue weighted by atomic mass is 10.1. The van der Waals surface area contributed by atoms with Gasteiger partial charge < -0.3 is 10.6 Å². The van der Waals surface area contributed by atoms with E-state index in [4.69, 9.17) is 0 Å². The second-order valence-electron chi connectivity index (χ2n) is 6.98. The zero-order valence-electron chi connectivity index (χ0n) is 16.9. The van der Waals surface area contributed by atoms with Crippen molar-refractivity contribution in [3.63, 3.8) is 0 Å². The van der Waals surface area contributed by atoms with E-state index in [1.54, 1.807) is 29.2 Å². The molecule has 2 heterocycles. The van der Waals surface area contributed by atoms with Crippen LogP contribution in [0.4, 0.5) is 0 Å². The maximum atomic E-state index is 12.6. The van der Waals surface area contributed by atoms with Crippen molar-refractivity contribution in [1.29, 1.82) is 0 Å². The van der Waals surface area contributed by atoms with Crippen LogP contribution in [-0.4, -0.2) is 26.6 Å². The molecule has 0 saturated carbocycles. The maximum Gasteiger partial charge on any atom is 0.261 e. The third-order valence-corrected chi connectivity index (χ3v) is 5.71. The van der Waals surface area contributed by atoms with Crippen LogP contribution in [0.2, 0.25) is 0 Å². The van der Waals surface area contributed by atoms with Crippen LogP contribution in [0.15, 0.2) is 78.7 Å². The van der Waals surface area contributed by atoms with E-state index < -0.39 is 0 Å². The molecule has 156 valence electrons. The molecule has 0 aliphatic rings. The van der Waals surface area contributed by atoms with Gasteiger partial charge in [0.05, 0.1) is 16.6 Å². The Morgan fingerprint density at radius 1 is 1.03 bits per heavy atom. The molecule has 2 aromatic heterocycles. The van der Waals surface area contributed by atoms with E-state index >= 15 is 0 Å². The van der Waals surface area contributed by atoms with Crippen LogP contribution in [-0.2, 0) is 6.54 Å². The third kappa shape index (κ3) is 5.04. The molecule has 2 amide bonds. The number of nitrogens with one attached hydrogen (secondary N) is 2. The van der Waals surface area contributed by atoms with Crippen LogP contribution < -0.4 is 10.6 Å². The Morgan fingerprint density at radius 2 is 1.81 bits per heavy atom. The average Bonchev–Trinajstić information content (AvgIpc) is 3.52. The zero-order valence-corrected chi connectivity index (χ0v) is 17.7. The predicted octanol–water partition coefficient (Wildman–Crippen LogP) is 3.75. The zero-order chi connectivity index (χ0) is 21.6. The first-order valence-electron chi connectivity index (χ1n) is 9.76. The summed E-state index contributed by atoms with van der Waals surface area (Å²) in [7, 11) is 0. The summed E-state index contributed by atoms with van der Waals surface area (Å²) in [6.45, 7) is 2.35. The van der Waals surface area contributed by atoms with Crippen molar-refractivity contribution in [2.75, 3.05) is 0 Å². The number of thiophene rings is 1. The molecule has 0 aliphatic carbocycles. The van der Waals surface area contributed by atoms with Crippen molar-refractivity contribution in [2.45, 2.75) is 19.5 Å². The normalized spacial score (nSPS) is 11.6. The molecular formula is C23H21N5O2S. The van der Waals surface area contributed by atoms with Crippen LogP contribution in [0.3, 0.4) is 0 Å². The molecule has 0 fully saturated rings. The highest BCUT2D eigenvalue weighted by atomic mass is 32.1. The van der Waals surface area contributed by atoms with Crippen molar-refractivity contribution in [1.82, 2.24) is 25.4 Å². The SMILES string of the molecule is CC(NC(=O)c1ccc(CNC(=O)c2cccs2)cc1)c1ccc(-n2cncn2)cc1. The number of aromatic nitrogens is 3. The molecular weight excluding hydrogens is 410 g/mol. The lowest BCUT2D eigenvalue weighted by molar-refractivity contribution is 0.0935. The highest BCUT2D eigenvalue weighted by molar-refractivity contribution is 7.12. The minimum atomic E-state index is -0.151. The van der Waals surface area contributed by atoms with E-state index in [0.717, 1.165) is 16.8 Å². The summed E-state index contributed by atoms with van der Waals surface area (Å²) in [4.78, 5) is 29.3. The Bertz CT molecular complexity index is 1140. The predicted molar refractivity (Wildman–Crippen MR) is 119 cm³/mol. The topological polar surface area (TPSA) is 88.9 Å². The van der Waals surface area contributed by atoms with E-state index in [0.29, 0.717) is 17.0 Å². The molecule has 0 bridgehead atoms. The molecule has 0 spiro atoms. The first-order valence-corrected chi connectivity index (χ1v) is 10.6. The first kappa shape index (κ1) is 20.5. The fraction of sp³-hybridized carbons (Fsp3) is 0.130. The van der Waals surface area contributed by atoms with Gasteiger partial charge in [-0.25, -0.2) is 9.67 Å². The van der Waals surface area contributed by atoms with Crippen molar-refractivity contribution in [3.05, 3.63) is 100 Å². The van der Waals surface area contributed by atoms with Gasteiger partial charge in [0, 0.05) is 12.1 Å². The summed E-state index contributed by atoms with van der Waals surface area (Å²) in [5, 5.41) is 11.9. The highest BCUT2D eigenvalue weighted by Crippen LogP contribution is 2.16. The molecule has 0 radical (unpaired) electrons. The van der Waals surface area contributed by atoms with Gasteiger partial charge in [-0.3, -0.25) is 9.59 Å². The van der Waals surface area contributed by atoms with E-state index in [9.17, 15) is 9.59 Å². The van der Waals surface area contributed by atoms with Gasteiger partial charge in [0.1, 0.15) is 12.7 Å². The van der Waals surface area contributed by atoms with Gasteiger partial charge in [0.15, 0.2) is 0 Å². The Kier molecular flexibility index (Phi) is 6.18. The van der Waals surface area contributed by atoms with Gasteiger partial charge in [-0.2, -0.15) is 5.10 Å². The van der Waals surface area contributed by atoms with E-state index in [2.05, 4.69) is 20.7 Å². The number of nitrogens with zero attached hydrogens (tertiary/aromatic N) is 3. The van der Waals surface area contributed by atoms with Gasteiger partial charge in [0.25, 0.3) is 11.8 Å². The molecule has 7 nitrogen and oxygen atoms in total. The van der Waals surface area contributed by atoms with E-state index in [1.165, 1.54) is 17.7 Å². The molecule has 2 aromatic carbocycles. The van der Waals surface area contributed by atoms with Crippen LogP contribution in [0, 0.1) is 0 Å². The molecule has 31 heavy (non-hydrogen) atoms. The number of carbonyl (C=O) groups is 2. The number of amides is 2. The van der Waals surface area contributed by atoms with Gasteiger partial charge >= 0.3 is 0 Å². The molecule has 1 atom stereocenters. The number of carbonyl (C=O) groups excluding carboxylic acids is 2. The second-order valence-corrected chi connectivity index (χ2v) is 7.93. The monoisotopic (exact) mass is 431 g/mol. The largest absolute Gasteiger partial charge is 0.347 e. The van der Waals surface area contributed by atoms with Crippen molar-refractivity contribution in [3.8, 4) is 5.69 Å². The molecule has 8 heteroatoms. The quantitative estimate of drug-likeness (QED) is 0.466. The molecule has 0 aliphatic heterocycles. The molecule has 2 N–H and O–H groups in total. The van der Waals surface area contributed by atoms with Gasteiger partial charge in [-0.15, -0.1) is 11.3 Å². The minimum absolute atomic E-state index is 0.0968. The summed E-state index contributed by atoms with van der Waals surface area (Å²) < 4.78 is 1.68. The smallest absolute Gasteiger partial charge is 0.261 e. The Hall–Kier alpha value is -3.78. The maximum absolute atomic E-state index is 12.6. The van der Waals surface area contributed by atoms with Gasteiger partial charge in [-0.1, -0.05) is 30.3 Å². The van der Waals surface area contributed by atoms with Crippen LogP contribution in [0.5, 0.6) is 0 Å². The first-order chi connectivity index (χ1) is 15.1. The summed E-state index contributed by atoms with van der Waals surface area (Å²) in [5.41, 5.74) is 3.39. The summed E-state index contributed by atoms with van der Waals surface area (Å²) in [6, 6.07) is 18.5. The molecule has 4 aromatic rings. The van der Waals surface area contributed by atoms with Crippen LogP contribution in [0.1, 0.15) is 44.1 Å². The molecule has 4 rings (SSSR count). The van der Waals surface area contributed by atoms with Crippen molar-refractivity contribution < 1.29 is 9.59 Å². The lowest BCUT2D eigenvalue weighted by Gasteiger charge is -2.15. The fourth-order valence-electron chi connectivity index (χ4n) is 3.07. The summed E-state index contributed by atoms with van der Waals surface area (Å²) in [6.07, 6.45) is 3.12. The minimum Gasteiger partial charge on any atom is -0.347 e. The third-order valence-electron chi connectivity index (χ3n) is 4.84. The van der Waals surface area contributed by atoms with Crippen LogP contribution >= 0.6 is 11.3 Å². The lowest BCUT2D eigenvalue weighted by Crippen LogP contribution is -2.26. The average molecular weight is 432 g/mol. The summed E-state index contributed by atoms with van der Waals surface area (Å²) >= 11 is 1.40. The molecule has 1 unspecified atom stereocenters. The van der Waals surface area contributed by atoms with Crippen molar-refractivity contribution >= 4 is 23.2 Å². The summed E-state index contributed by atoms with van der Waals surface area (Å²) in [5.74, 6) is -0.248. The van der Waals surface area contributed by atoms with E-state index in [1.807, 2.05) is 54.8 Å². The number of hydrogen-bond acceptors (Lipinski definition) is 5. The van der Waals surface area contributed by atoms with Crippen LogP contribution in [0.25, 0.3) is 5.69 Å². The van der Waals surface area contributed by atoms with Crippen molar-refractivity contribution in [2.24, 2.45) is 0 Å². The van der Waals surface area contributed by atoms with Gasteiger partial charge in [-0.05, 0) is 53.8 Å². The Labute approximate surface area is 183 Å². The van der Waals surface area contributed by atoms with Gasteiger partial charge in [0.2, 0.25) is 0 Å². The Balaban J connectivity index is 1.32. The number of rotatable bonds is 7. The van der Waals surface area contributed by atoms with E-state index in [-0.39, 0.29) is 17.9 Å². The standard InChI is InChI=1S/C23H21N5O2S/c1-16(18-8-10-20(11-9-18)28-15-24-14-26-28)27-22(29)19-6-4-17(5-7-19)13-25-23(30)21-3-2-12-31-21/h2-12,14-16H,13H2,1H3,(H,25,30)(H,27,29). The Morgan fingerprint density at radius 3 is 2.45 bits per heavy atom. The second kappa shape index (κ2) is 9.36.